The van der Waals surface area contributed by atoms with Crippen molar-refractivity contribution in [3.63, 3.8) is 0 Å². The third-order valence-electron chi connectivity index (χ3n) is 5.68. The molecule has 0 fully saturated rings. The van der Waals surface area contributed by atoms with Gasteiger partial charge in [0.15, 0.2) is 0 Å². The topological polar surface area (TPSA) is 20.2 Å². The van der Waals surface area contributed by atoms with Crippen LogP contribution >= 0.6 is 0 Å². The minimum atomic E-state index is -0.461. The summed E-state index contributed by atoms with van der Waals surface area (Å²) in [4.78, 5) is 0. The van der Waals surface area contributed by atoms with Crippen molar-refractivity contribution in [2.45, 2.75) is 130 Å². The lowest BCUT2D eigenvalue weighted by Crippen LogP contribution is -2.40. The molecule has 0 heterocycles. The third-order valence-corrected chi connectivity index (χ3v) is 5.68. The summed E-state index contributed by atoms with van der Waals surface area (Å²) in [5.74, 6) is 0.722. The molecule has 0 rings (SSSR count). The fraction of sp³-hybridized carbons (Fsp3) is 1.00. The smallest absolute Gasteiger partial charge is 0.0693 e. The molecule has 0 aromatic carbocycles. The molecule has 0 atom stereocenters. The molecule has 0 aliphatic rings. The van der Waals surface area contributed by atoms with Gasteiger partial charge in [-0.05, 0) is 18.3 Å². The van der Waals surface area contributed by atoms with E-state index in [2.05, 4.69) is 34.6 Å². The molecule has 0 saturated carbocycles. The highest BCUT2D eigenvalue weighted by Crippen LogP contribution is 2.31. The van der Waals surface area contributed by atoms with Gasteiger partial charge in [0.05, 0.1) is 5.60 Å². The second-order valence-corrected chi connectivity index (χ2v) is 8.29. The van der Waals surface area contributed by atoms with Crippen LogP contribution in [0.5, 0.6) is 0 Å². The zero-order chi connectivity index (χ0) is 17.6. The first-order valence-corrected chi connectivity index (χ1v) is 10.7. The number of hydrogen-bond donors (Lipinski definition) is 1. The summed E-state index contributed by atoms with van der Waals surface area (Å²) >= 11 is 0. The molecule has 0 aliphatic heterocycles. The third kappa shape index (κ3) is 11.2. The van der Waals surface area contributed by atoms with E-state index in [1.54, 1.807) is 0 Å². The summed E-state index contributed by atoms with van der Waals surface area (Å²) in [7, 11) is 0. The molecule has 23 heavy (non-hydrogen) atoms. The van der Waals surface area contributed by atoms with Gasteiger partial charge in [0.1, 0.15) is 0 Å². The van der Waals surface area contributed by atoms with Gasteiger partial charge in [0.2, 0.25) is 0 Å². The van der Waals surface area contributed by atoms with E-state index in [4.69, 9.17) is 0 Å². The van der Waals surface area contributed by atoms with Crippen molar-refractivity contribution >= 4 is 0 Å². The van der Waals surface area contributed by atoms with Gasteiger partial charge >= 0.3 is 0 Å². The number of rotatable bonds is 16. The van der Waals surface area contributed by atoms with Crippen molar-refractivity contribution in [3.8, 4) is 0 Å². The highest BCUT2D eigenvalue weighted by molar-refractivity contribution is 4.84. The molecule has 1 nitrogen and oxygen atoms in total. The fourth-order valence-electron chi connectivity index (χ4n) is 3.67. The van der Waals surface area contributed by atoms with Crippen LogP contribution in [0.15, 0.2) is 0 Å². The molecule has 0 radical (unpaired) electrons. The lowest BCUT2D eigenvalue weighted by Gasteiger charge is -2.36. The first kappa shape index (κ1) is 23.0. The van der Waals surface area contributed by atoms with E-state index >= 15 is 0 Å². The van der Waals surface area contributed by atoms with Gasteiger partial charge in [-0.1, -0.05) is 118 Å². The van der Waals surface area contributed by atoms with Crippen molar-refractivity contribution in [1.29, 1.82) is 0 Å². The summed E-state index contributed by atoms with van der Waals surface area (Å²) in [6, 6.07) is 0. The second kappa shape index (κ2) is 14.3. The average molecular weight is 327 g/mol. The SMILES string of the molecule is CCCCCCCCCCCCCCCC(O)(C(C)C)C(C)C. The van der Waals surface area contributed by atoms with E-state index in [-0.39, 0.29) is 0 Å². The quantitative estimate of drug-likeness (QED) is 0.291. The minimum Gasteiger partial charge on any atom is -0.389 e. The first-order chi connectivity index (χ1) is 10.9. The Labute approximate surface area is 147 Å². The normalized spacial score (nSPS) is 12.5. The molecule has 0 saturated heterocycles. The van der Waals surface area contributed by atoms with E-state index in [1.807, 2.05) is 0 Å². The van der Waals surface area contributed by atoms with Crippen LogP contribution in [0.25, 0.3) is 0 Å². The summed E-state index contributed by atoms with van der Waals surface area (Å²) in [6.07, 6.45) is 19.0. The molecule has 1 heteroatoms. The van der Waals surface area contributed by atoms with E-state index < -0.39 is 5.60 Å². The maximum Gasteiger partial charge on any atom is 0.0693 e. The molecule has 0 amide bonds. The molecule has 1 N–H and O–H groups in total. The molecular formula is C22H46O. The van der Waals surface area contributed by atoms with Gasteiger partial charge in [-0.2, -0.15) is 0 Å². The van der Waals surface area contributed by atoms with Crippen molar-refractivity contribution < 1.29 is 5.11 Å². The number of unbranched alkanes of at least 4 members (excludes halogenated alkanes) is 12. The van der Waals surface area contributed by atoms with E-state index in [1.165, 1.54) is 83.5 Å². The average Bonchev–Trinajstić information content (AvgIpc) is 2.51. The summed E-state index contributed by atoms with van der Waals surface area (Å²) in [5, 5.41) is 10.7. The van der Waals surface area contributed by atoms with Crippen LogP contribution in [-0.4, -0.2) is 10.7 Å². The lowest BCUT2D eigenvalue weighted by molar-refractivity contribution is -0.0555. The summed E-state index contributed by atoms with van der Waals surface area (Å²) < 4.78 is 0. The Balaban J connectivity index is 3.40. The predicted octanol–water partition coefficient (Wildman–Crippen LogP) is 7.51. The highest BCUT2D eigenvalue weighted by atomic mass is 16.3. The van der Waals surface area contributed by atoms with E-state index in [0.717, 1.165) is 6.42 Å². The zero-order valence-electron chi connectivity index (χ0n) is 17.0. The first-order valence-electron chi connectivity index (χ1n) is 10.7. The van der Waals surface area contributed by atoms with Crippen molar-refractivity contribution in [1.82, 2.24) is 0 Å². The molecular weight excluding hydrogens is 280 g/mol. The van der Waals surface area contributed by atoms with Crippen LogP contribution in [0.4, 0.5) is 0 Å². The molecule has 0 bridgehead atoms. The Morgan fingerprint density at radius 1 is 0.565 bits per heavy atom. The fourth-order valence-corrected chi connectivity index (χ4v) is 3.67. The van der Waals surface area contributed by atoms with Crippen molar-refractivity contribution in [3.05, 3.63) is 0 Å². The number of aliphatic hydroxyl groups is 1. The van der Waals surface area contributed by atoms with Crippen molar-refractivity contribution in [2.24, 2.45) is 11.8 Å². The maximum absolute atomic E-state index is 10.7. The van der Waals surface area contributed by atoms with Gasteiger partial charge < -0.3 is 5.11 Å². The van der Waals surface area contributed by atoms with Crippen LogP contribution in [-0.2, 0) is 0 Å². The minimum absolute atomic E-state index is 0.361. The molecule has 0 aliphatic carbocycles. The standard InChI is InChI=1S/C22H46O/c1-6-7-8-9-10-11-12-13-14-15-16-17-18-19-22(23,20(2)3)21(4)5/h20-21,23H,6-19H2,1-5H3. The van der Waals surface area contributed by atoms with Crippen LogP contribution in [0.3, 0.4) is 0 Å². The molecule has 0 unspecified atom stereocenters. The lowest BCUT2D eigenvalue weighted by atomic mass is 9.77. The zero-order valence-corrected chi connectivity index (χ0v) is 17.0. The molecule has 140 valence electrons. The van der Waals surface area contributed by atoms with Crippen LogP contribution in [0.2, 0.25) is 0 Å². The maximum atomic E-state index is 10.7. The Bertz CT molecular complexity index is 236. The van der Waals surface area contributed by atoms with Gasteiger partial charge in [-0.3, -0.25) is 0 Å². The van der Waals surface area contributed by atoms with E-state index in [0.29, 0.717) is 11.8 Å². The molecule has 0 aromatic rings. The molecule has 0 spiro atoms. The summed E-state index contributed by atoms with van der Waals surface area (Å²) in [6.45, 7) is 10.9. The summed E-state index contributed by atoms with van der Waals surface area (Å²) in [5.41, 5.74) is -0.461. The predicted molar refractivity (Wildman–Crippen MR) is 105 cm³/mol. The Morgan fingerprint density at radius 2 is 0.870 bits per heavy atom. The van der Waals surface area contributed by atoms with Crippen LogP contribution < -0.4 is 0 Å². The van der Waals surface area contributed by atoms with Crippen molar-refractivity contribution in [2.75, 3.05) is 0 Å². The van der Waals surface area contributed by atoms with Gasteiger partial charge in [0.25, 0.3) is 0 Å². The Morgan fingerprint density at radius 3 is 1.17 bits per heavy atom. The number of hydrogen-bond acceptors (Lipinski definition) is 1. The highest BCUT2D eigenvalue weighted by Gasteiger charge is 2.33. The van der Waals surface area contributed by atoms with Crippen LogP contribution in [0.1, 0.15) is 125 Å². The molecule has 0 aromatic heterocycles. The largest absolute Gasteiger partial charge is 0.389 e. The second-order valence-electron chi connectivity index (χ2n) is 8.29. The Kier molecular flexibility index (Phi) is 14.3. The monoisotopic (exact) mass is 326 g/mol. The van der Waals surface area contributed by atoms with Gasteiger partial charge in [-0.25, -0.2) is 0 Å². The van der Waals surface area contributed by atoms with Crippen LogP contribution in [0, 0.1) is 11.8 Å². The van der Waals surface area contributed by atoms with Gasteiger partial charge in [0, 0.05) is 0 Å². The van der Waals surface area contributed by atoms with Gasteiger partial charge in [-0.15, -0.1) is 0 Å². The Hall–Kier alpha value is -0.0400. The van der Waals surface area contributed by atoms with E-state index in [9.17, 15) is 5.11 Å².